The van der Waals surface area contributed by atoms with Gasteiger partial charge in [-0.1, -0.05) is 20.8 Å². The summed E-state index contributed by atoms with van der Waals surface area (Å²) in [6.07, 6.45) is 4.12. The SMILES string of the molecule is Cc1ccc(/C=C/C(=O)NC(C)(C)CC(C)(C)C)o1. The molecule has 0 saturated heterocycles. The van der Waals surface area contributed by atoms with Gasteiger partial charge in [-0.05, 0) is 50.8 Å². The number of carbonyl (C=O) groups is 1. The van der Waals surface area contributed by atoms with Gasteiger partial charge in [0.15, 0.2) is 0 Å². The smallest absolute Gasteiger partial charge is 0.244 e. The Hall–Kier alpha value is -1.51. The van der Waals surface area contributed by atoms with Gasteiger partial charge in [0.05, 0.1) is 0 Å². The monoisotopic (exact) mass is 263 g/mol. The molecule has 19 heavy (non-hydrogen) atoms. The first-order valence-electron chi connectivity index (χ1n) is 6.64. The van der Waals surface area contributed by atoms with Crippen molar-refractivity contribution in [1.29, 1.82) is 0 Å². The van der Waals surface area contributed by atoms with Crippen LogP contribution >= 0.6 is 0 Å². The lowest BCUT2D eigenvalue weighted by Crippen LogP contribution is -2.45. The second-order valence-electron chi connectivity index (χ2n) is 6.89. The molecule has 0 atom stereocenters. The Balaban J connectivity index is 2.57. The fraction of sp³-hybridized carbons (Fsp3) is 0.562. The molecular formula is C16H25NO2. The standard InChI is InChI=1S/C16H25NO2/c1-12-7-8-13(19-12)9-10-14(18)17-16(5,6)11-15(2,3)4/h7-10H,11H2,1-6H3,(H,17,18)/b10-9+. The molecule has 0 aromatic carbocycles. The number of rotatable bonds is 4. The predicted octanol–water partition coefficient (Wildman–Crippen LogP) is 3.93. The number of hydrogen-bond donors (Lipinski definition) is 1. The molecular weight excluding hydrogens is 238 g/mol. The van der Waals surface area contributed by atoms with E-state index in [-0.39, 0.29) is 16.9 Å². The minimum absolute atomic E-state index is 0.0942. The van der Waals surface area contributed by atoms with Crippen LogP contribution in [0.4, 0.5) is 0 Å². The summed E-state index contributed by atoms with van der Waals surface area (Å²) >= 11 is 0. The Morgan fingerprint density at radius 2 is 1.89 bits per heavy atom. The summed E-state index contributed by atoms with van der Waals surface area (Å²) in [4.78, 5) is 11.9. The molecule has 0 bridgehead atoms. The van der Waals surface area contributed by atoms with Crippen molar-refractivity contribution in [2.24, 2.45) is 5.41 Å². The first-order valence-corrected chi connectivity index (χ1v) is 6.64. The van der Waals surface area contributed by atoms with Gasteiger partial charge in [-0.15, -0.1) is 0 Å². The third kappa shape index (κ3) is 6.27. The summed E-state index contributed by atoms with van der Waals surface area (Å²) in [5, 5.41) is 3.02. The lowest BCUT2D eigenvalue weighted by atomic mass is 9.82. The van der Waals surface area contributed by atoms with Crippen molar-refractivity contribution in [2.75, 3.05) is 0 Å². The molecule has 1 heterocycles. The number of hydrogen-bond acceptors (Lipinski definition) is 2. The number of nitrogens with one attached hydrogen (secondary N) is 1. The molecule has 1 aromatic heterocycles. The van der Waals surface area contributed by atoms with Crippen molar-refractivity contribution in [3.63, 3.8) is 0 Å². The number of aryl methyl sites for hydroxylation is 1. The molecule has 0 radical (unpaired) electrons. The molecule has 0 saturated carbocycles. The highest BCUT2D eigenvalue weighted by Crippen LogP contribution is 2.26. The topological polar surface area (TPSA) is 42.2 Å². The first kappa shape index (κ1) is 15.5. The highest BCUT2D eigenvalue weighted by Gasteiger charge is 2.26. The summed E-state index contributed by atoms with van der Waals surface area (Å²) in [5.74, 6) is 1.44. The van der Waals surface area contributed by atoms with Crippen LogP contribution in [0.2, 0.25) is 0 Å². The summed E-state index contributed by atoms with van der Waals surface area (Å²) in [6, 6.07) is 3.72. The van der Waals surface area contributed by atoms with E-state index in [2.05, 4.69) is 26.1 Å². The average molecular weight is 263 g/mol. The van der Waals surface area contributed by atoms with E-state index < -0.39 is 0 Å². The molecule has 3 heteroatoms. The molecule has 0 aliphatic rings. The molecule has 0 spiro atoms. The van der Waals surface area contributed by atoms with Gasteiger partial charge >= 0.3 is 0 Å². The van der Waals surface area contributed by atoms with Crippen LogP contribution in [0.5, 0.6) is 0 Å². The van der Waals surface area contributed by atoms with Crippen molar-refractivity contribution < 1.29 is 9.21 Å². The van der Waals surface area contributed by atoms with Gasteiger partial charge in [0.2, 0.25) is 5.91 Å². The Morgan fingerprint density at radius 3 is 2.37 bits per heavy atom. The maximum Gasteiger partial charge on any atom is 0.244 e. The lowest BCUT2D eigenvalue weighted by molar-refractivity contribution is -0.118. The van der Waals surface area contributed by atoms with Crippen LogP contribution in [0.15, 0.2) is 22.6 Å². The second kappa shape index (κ2) is 5.64. The zero-order valence-electron chi connectivity index (χ0n) is 12.8. The van der Waals surface area contributed by atoms with Crippen molar-refractivity contribution in [3.05, 3.63) is 29.7 Å². The third-order valence-corrected chi connectivity index (χ3v) is 2.59. The number of amides is 1. The van der Waals surface area contributed by atoms with E-state index >= 15 is 0 Å². The molecule has 1 aromatic rings. The second-order valence-corrected chi connectivity index (χ2v) is 6.89. The van der Waals surface area contributed by atoms with E-state index in [4.69, 9.17) is 4.42 Å². The molecule has 3 nitrogen and oxygen atoms in total. The highest BCUT2D eigenvalue weighted by atomic mass is 16.3. The molecule has 0 fully saturated rings. The van der Waals surface area contributed by atoms with E-state index in [1.54, 1.807) is 6.08 Å². The highest BCUT2D eigenvalue weighted by molar-refractivity contribution is 5.91. The maximum absolute atomic E-state index is 11.9. The summed E-state index contributed by atoms with van der Waals surface area (Å²) in [7, 11) is 0. The summed E-state index contributed by atoms with van der Waals surface area (Å²) < 4.78 is 5.38. The number of carbonyl (C=O) groups excluding carboxylic acids is 1. The molecule has 1 rings (SSSR count). The fourth-order valence-electron chi connectivity index (χ4n) is 2.45. The van der Waals surface area contributed by atoms with Crippen LogP contribution in [0.25, 0.3) is 6.08 Å². The Kier molecular flexibility index (Phi) is 4.61. The Labute approximate surface area is 116 Å². The summed E-state index contributed by atoms with van der Waals surface area (Å²) in [5.41, 5.74) is -0.0443. The quantitative estimate of drug-likeness (QED) is 0.836. The molecule has 106 valence electrons. The largest absolute Gasteiger partial charge is 0.462 e. The van der Waals surface area contributed by atoms with Crippen LogP contribution < -0.4 is 5.32 Å². The molecule has 0 aliphatic carbocycles. The van der Waals surface area contributed by atoms with Crippen molar-refractivity contribution >= 4 is 12.0 Å². The lowest BCUT2D eigenvalue weighted by Gasteiger charge is -2.32. The van der Waals surface area contributed by atoms with E-state index in [0.717, 1.165) is 12.2 Å². The van der Waals surface area contributed by atoms with Gasteiger partial charge in [-0.3, -0.25) is 4.79 Å². The molecule has 1 amide bonds. The van der Waals surface area contributed by atoms with Crippen LogP contribution in [0.1, 0.15) is 52.6 Å². The zero-order valence-corrected chi connectivity index (χ0v) is 12.8. The zero-order chi connectivity index (χ0) is 14.7. The maximum atomic E-state index is 11.9. The first-order chi connectivity index (χ1) is 8.57. The molecule has 0 aliphatic heterocycles. The van der Waals surface area contributed by atoms with Gasteiger partial charge < -0.3 is 9.73 Å². The van der Waals surface area contributed by atoms with Crippen LogP contribution in [0.3, 0.4) is 0 Å². The minimum atomic E-state index is -0.223. The van der Waals surface area contributed by atoms with Crippen molar-refractivity contribution in [3.8, 4) is 0 Å². The fourth-order valence-corrected chi connectivity index (χ4v) is 2.45. The van der Waals surface area contributed by atoms with Crippen LogP contribution in [0, 0.1) is 12.3 Å². The predicted molar refractivity (Wildman–Crippen MR) is 78.8 cm³/mol. The van der Waals surface area contributed by atoms with E-state index in [1.807, 2.05) is 32.9 Å². The normalized spacial score (nSPS) is 12.9. The Morgan fingerprint density at radius 1 is 1.26 bits per heavy atom. The van der Waals surface area contributed by atoms with Gasteiger partial charge in [0, 0.05) is 11.6 Å². The van der Waals surface area contributed by atoms with Gasteiger partial charge in [0.1, 0.15) is 11.5 Å². The average Bonchev–Trinajstić information content (AvgIpc) is 2.56. The van der Waals surface area contributed by atoms with E-state index in [1.165, 1.54) is 6.08 Å². The Bertz CT molecular complexity index is 461. The molecule has 1 N–H and O–H groups in total. The van der Waals surface area contributed by atoms with E-state index in [9.17, 15) is 4.79 Å². The molecule has 0 unspecified atom stereocenters. The summed E-state index contributed by atoms with van der Waals surface area (Å²) in [6.45, 7) is 12.5. The van der Waals surface area contributed by atoms with Crippen LogP contribution in [-0.2, 0) is 4.79 Å². The van der Waals surface area contributed by atoms with Crippen LogP contribution in [-0.4, -0.2) is 11.4 Å². The van der Waals surface area contributed by atoms with Gasteiger partial charge in [-0.2, -0.15) is 0 Å². The van der Waals surface area contributed by atoms with Gasteiger partial charge in [0.25, 0.3) is 0 Å². The third-order valence-electron chi connectivity index (χ3n) is 2.59. The van der Waals surface area contributed by atoms with Gasteiger partial charge in [-0.25, -0.2) is 0 Å². The minimum Gasteiger partial charge on any atom is -0.462 e. The van der Waals surface area contributed by atoms with E-state index in [0.29, 0.717) is 5.76 Å². The van der Waals surface area contributed by atoms with Crippen molar-refractivity contribution in [2.45, 2.75) is 53.5 Å². The van der Waals surface area contributed by atoms with Crippen molar-refractivity contribution in [1.82, 2.24) is 5.32 Å². The number of furan rings is 1.